The molecule has 0 spiro atoms. The summed E-state index contributed by atoms with van der Waals surface area (Å²) in [5.41, 5.74) is 1.91. The number of ketones is 1. The smallest absolute Gasteiger partial charge is 0.336 e. The molecule has 0 aromatic heterocycles. The Morgan fingerprint density at radius 1 is 1.41 bits per heavy atom. The fraction of sp³-hybridized carbons (Fsp3) is 0.368. The highest BCUT2D eigenvalue weighted by atomic mass is 16.6. The van der Waals surface area contributed by atoms with Crippen LogP contribution in [0.4, 0.5) is 5.69 Å². The number of nitro groups is 1. The molecule has 142 valence electrons. The number of ether oxygens (including phenoxy) is 1. The summed E-state index contributed by atoms with van der Waals surface area (Å²) in [6.45, 7) is 3.57. The maximum atomic E-state index is 12.7. The standard InChI is InChI=1S/C19H20N2O6/c1-3-27-19(24)16-10(2)20-12-5-4-6-15(23)18(12)17(16)11-7-8-14(22)13(9-11)21(25)26/h7-9,17,20,22H,3-6H2,1-2H3. The van der Waals surface area contributed by atoms with Crippen LogP contribution in [0.2, 0.25) is 0 Å². The summed E-state index contributed by atoms with van der Waals surface area (Å²) >= 11 is 0. The molecule has 0 saturated carbocycles. The highest BCUT2D eigenvalue weighted by molar-refractivity contribution is 6.03. The van der Waals surface area contributed by atoms with Crippen LogP contribution in [-0.4, -0.2) is 28.4 Å². The largest absolute Gasteiger partial charge is 0.502 e. The third-order valence-corrected chi connectivity index (χ3v) is 4.80. The van der Waals surface area contributed by atoms with Crippen molar-refractivity contribution in [1.29, 1.82) is 0 Å². The number of hydrogen-bond acceptors (Lipinski definition) is 7. The van der Waals surface area contributed by atoms with Gasteiger partial charge in [0.2, 0.25) is 0 Å². The number of allylic oxidation sites excluding steroid dienone is 3. The second kappa shape index (κ2) is 7.22. The molecule has 3 rings (SSSR count). The van der Waals surface area contributed by atoms with E-state index in [9.17, 15) is 24.8 Å². The number of hydrogen-bond donors (Lipinski definition) is 2. The van der Waals surface area contributed by atoms with Crippen LogP contribution < -0.4 is 5.32 Å². The average Bonchev–Trinajstić information content (AvgIpc) is 2.61. The molecule has 2 N–H and O–H groups in total. The summed E-state index contributed by atoms with van der Waals surface area (Å²) < 4.78 is 5.17. The van der Waals surface area contributed by atoms with Gasteiger partial charge < -0.3 is 15.2 Å². The van der Waals surface area contributed by atoms with Crippen molar-refractivity contribution in [2.45, 2.75) is 39.0 Å². The molecule has 1 aliphatic heterocycles. The zero-order chi connectivity index (χ0) is 19.7. The van der Waals surface area contributed by atoms with Crippen molar-refractivity contribution < 1.29 is 24.4 Å². The molecule has 1 aromatic carbocycles. The Kier molecular flexibility index (Phi) is 4.98. The Morgan fingerprint density at radius 3 is 2.81 bits per heavy atom. The second-order valence-electron chi connectivity index (χ2n) is 6.49. The number of nitro benzene ring substituents is 1. The number of nitrogens with zero attached hydrogens (tertiary/aromatic N) is 1. The molecular weight excluding hydrogens is 352 g/mol. The maximum absolute atomic E-state index is 12.7. The predicted octanol–water partition coefficient (Wildman–Crippen LogP) is 2.83. The summed E-state index contributed by atoms with van der Waals surface area (Å²) in [4.78, 5) is 35.8. The molecule has 0 radical (unpaired) electrons. The van der Waals surface area contributed by atoms with E-state index in [1.165, 1.54) is 18.2 Å². The van der Waals surface area contributed by atoms with Gasteiger partial charge in [0.1, 0.15) is 0 Å². The van der Waals surface area contributed by atoms with Crippen LogP contribution in [-0.2, 0) is 14.3 Å². The monoisotopic (exact) mass is 372 g/mol. The summed E-state index contributed by atoms with van der Waals surface area (Å²) in [5.74, 6) is -1.92. The van der Waals surface area contributed by atoms with E-state index in [-0.39, 0.29) is 18.0 Å². The van der Waals surface area contributed by atoms with E-state index in [1.807, 2.05) is 0 Å². The van der Waals surface area contributed by atoms with E-state index in [0.29, 0.717) is 36.1 Å². The first-order chi connectivity index (χ1) is 12.8. The van der Waals surface area contributed by atoms with Gasteiger partial charge in [-0.15, -0.1) is 0 Å². The van der Waals surface area contributed by atoms with E-state index in [0.717, 1.165) is 5.70 Å². The second-order valence-corrected chi connectivity index (χ2v) is 6.49. The molecule has 1 unspecified atom stereocenters. The first-order valence-electron chi connectivity index (χ1n) is 8.73. The molecule has 0 saturated heterocycles. The van der Waals surface area contributed by atoms with Gasteiger partial charge in [0.25, 0.3) is 0 Å². The van der Waals surface area contributed by atoms with Crippen molar-refractivity contribution in [3.63, 3.8) is 0 Å². The number of dihydropyridines is 1. The third kappa shape index (κ3) is 3.30. The molecule has 2 aliphatic rings. The molecule has 8 heteroatoms. The Bertz CT molecular complexity index is 899. The quantitative estimate of drug-likeness (QED) is 0.474. The van der Waals surface area contributed by atoms with Crippen LogP contribution >= 0.6 is 0 Å². The van der Waals surface area contributed by atoms with Gasteiger partial charge >= 0.3 is 11.7 Å². The van der Waals surface area contributed by atoms with Crippen LogP contribution in [0.25, 0.3) is 0 Å². The van der Waals surface area contributed by atoms with E-state index in [1.54, 1.807) is 13.8 Å². The Morgan fingerprint density at radius 2 is 2.15 bits per heavy atom. The summed E-state index contributed by atoms with van der Waals surface area (Å²) in [7, 11) is 0. The summed E-state index contributed by atoms with van der Waals surface area (Å²) in [5, 5.41) is 24.1. The Hall–Kier alpha value is -3.16. The van der Waals surface area contributed by atoms with Crippen molar-refractivity contribution in [2.24, 2.45) is 0 Å². The highest BCUT2D eigenvalue weighted by Crippen LogP contribution is 2.44. The lowest BCUT2D eigenvalue weighted by atomic mass is 9.75. The Balaban J connectivity index is 2.21. The normalized spacial score (nSPS) is 19.5. The predicted molar refractivity (Wildman–Crippen MR) is 95.9 cm³/mol. The van der Waals surface area contributed by atoms with Crippen LogP contribution in [0.15, 0.2) is 40.7 Å². The minimum Gasteiger partial charge on any atom is -0.502 e. The molecule has 1 aliphatic carbocycles. The number of rotatable bonds is 4. The minimum atomic E-state index is -0.771. The molecule has 1 aromatic rings. The van der Waals surface area contributed by atoms with Crippen molar-refractivity contribution in [3.05, 3.63) is 56.4 Å². The van der Waals surface area contributed by atoms with Gasteiger partial charge in [-0.05, 0) is 38.3 Å². The molecule has 1 heterocycles. The summed E-state index contributed by atoms with van der Waals surface area (Å²) in [6.07, 6.45) is 1.71. The van der Waals surface area contributed by atoms with Gasteiger partial charge in [0.05, 0.1) is 17.1 Å². The molecule has 27 heavy (non-hydrogen) atoms. The SMILES string of the molecule is CCOC(=O)C1=C(C)NC2=C(C(=O)CCC2)C1c1ccc(O)c([N+](=O)[O-])c1. The van der Waals surface area contributed by atoms with Gasteiger partial charge in [-0.2, -0.15) is 0 Å². The van der Waals surface area contributed by atoms with Gasteiger partial charge in [-0.1, -0.05) is 6.07 Å². The third-order valence-electron chi connectivity index (χ3n) is 4.80. The maximum Gasteiger partial charge on any atom is 0.336 e. The van der Waals surface area contributed by atoms with Crippen LogP contribution in [0.1, 0.15) is 44.6 Å². The zero-order valence-electron chi connectivity index (χ0n) is 15.1. The van der Waals surface area contributed by atoms with Gasteiger partial charge in [0.15, 0.2) is 11.5 Å². The number of phenols is 1. The highest BCUT2D eigenvalue weighted by Gasteiger charge is 2.39. The van der Waals surface area contributed by atoms with Crippen LogP contribution in [0.5, 0.6) is 5.75 Å². The zero-order valence-corrected chi connectivity index (χ0v) is 15.1. The fourth-order valence-electron chi connectivity index (χ4n) is 3.66. The minimum absolute atomic E-state index is 0.0984. The van der Waals surface area contributed by atoms with Crippen molar-refractivity contribution >= 4 is 17.4 Å². The van der Waals surface area contributed by atoms with E-state index < -0.39 is 28.2 Å². The fourth-order valence-corrected chi connectivity index (χ4v) is 3.66. The number of Topliss-reactive ketones (excluding diaryl/α,β-unsaturated/α-hetero) is 1. The lowest BCUT2D eigenvalue weighted by Crippen LogP contribution is -2.34. The molecule has 0 amide bonds. The first kappa shape index (κ1) is 18.6. The van der Waals surface area contributed by atoms with E-state index in [4.69, 9.17) is 4.74 Å². The van der Waals surface area contributed by atoms with Crippen LogP contribution in [0.3, 0.4) is 0 Å². The number of carbonyl (C=O) groups is 2. The first-order valence-corrected chi connectivity index (χ1v) is 8.73. The van der Waals surface area contributed by atoms with E-state index in [2.05, 4.69) is 5.32 Å². The molecule has 0 fully saturated rings. The summed E-state index contributed by atoms with van der Waals surface area (Å²) in [6, 6.07) is 3.92. The number of aromatic hydroxyl groups is 1. The van der Waals surface area contributed by atoms with Crippen molar-refractivity contribution in [2.75, 3.05) is 6.61 Å². The lowest BCUT2D eigenvalue weighted by molar-refractivity contribution is -0.385. The molecule has 0 bridgehead atoms. The van der Waals surface area contributed by atoms with Gasteiger partial charge in [0, 0.05) is 35.4 Å². The van der Waals surface area contributed by atoms with E-state index >= 15 is 0 Å². The van der Waals surface area contributed by atoms with Gasteiger partial charge in [-0.3, -0.25) is 14.9 Å². The lowest BCUT2D eigenvalue weighted by Gasteiger charge is -2.34. The number of nitrogens with one attached hydrogen (secondary N) is 1. The van der Waals surface area contributed by atoms with Gasteiger partial charge in [-0.25, -0.2) is 4.79 Å². The Labute approximate surface area is 155 Å². The number of phenolic OH excluding ortho intramolecular Hbond substituents is 1. The molecular formula is C19H20N2O6. The van der Waals surface area contributed by atoms with Crippen LogP contribution in [0, 0.1) is 10.1 Å². The number of benzene rings is 1. The topological polar surface area (TPSA) is 119 Å². The average molecular weight is 372 g/mol. The number of carbonyl (C=O) groups excluding carboxylic acids is 2. The molecule has 8 nitrogen and oxygen atoms in total. The van der Waals surface area contributed by atoms with Crippen molar-refractivity contribution in [1.82, 2.24) is 5.32 Å². The number of esters is 1. The molecule has 1 atom stereocenters. The van der Waals surface area contributed by atoms with Crippen molar-refractivity contribution in [3.8, 4) is 5.75 Å².